The van der Waals surface area contributed by atoms with Crippen molar-refractivity contribution in [1.82, 2.24) is 9.80 Å². The summed E-state index contributed by atoms with van der Waals surface area (Å²) in [5.41, 5.74) is 0.0973. The van der Waals surface area contributed by atoms with Gasteiger partial charge in [-0.15, -0.1) is 0 Å². The van der Waals surface area contributed by atoms with Crippen LogP contribution < -0.4 is 0 Å². The van der Waals surface area contributed by atoms with E-state index < -0.39 is 0 Å². The van der Waals surface area contributed by atoms with E-state index in [4.69, 9.17) is 4.74 Å². The van der Waals surface area contributed by atoms with Crippen molar-refractivity contribution >= 4 is 5.91 Å². The molecule has 0 saturated carbocycles. The van der Waals surface area contributed by atoms with Crippen LogP contribution in [0.25, 0.3) is 0 Å². The maximum absolute atomic E-state index is 12.2. The Hall–Kier alpha value is -0.610. The van der Waals surface area contributed by atoms with E-state index >= 15 is 0 Å². The lowest BCUT2D eigenvalue weighted by Crippen LogP contribution is -2.59. The Morgan fingerprint density at radius 1 is 1.41 bits per heavy atom. The van der Waals surface area contributed by atoms with Gasteiger partial charge in [-0.25, -0.2) is 0 Å². The molecule has 0 aromatic carbocycles. The van der Waals surface area contributed by atoms with Gasteiger partial charge in [0.1, 0.15) is 0 Å². The molecule has 0 unspecified atom stereocenters. The number of rotatable bonds is 2. The fourth-order valence-electron chi connectivity index (χ4n) is 2.57. The molecule has 0 aromatic rings. The van der Waals surface area contributed by atoms with Gasteiger partial charge in [-0.3, -0.25) is 9.69 Å². The van der Waals surface area contributed by atoms with Crippen molar-refractivity contribution in [3.05, 3.63) is 0 Å². The number of likely N-dealkylation sites (N-methyl/N-ethyl adjacent to an activating group) is 1. The van der Waals surface area contributed by atoms with Gasteiger partial charge < -0.3 is 9.64 Å². The molecule has 2 aliphatic heterocycles. The zero-order chi connectivity index (χ0) is 12.5. The van der Waals surface area contributed by atoms with Crippen molar-refractivity contribution in [3.63, 3.8) is 0 Å². The zero-order valence-corrected chi connectivity index (χ0v) is 11.2. The molecule has 4 heteroatoms. The fraction of sp³-hybridized carbons (Fsp3) is 0.923. The molecule has 1 atom stereocenters. The number of nitrogens with zero attached hydrogens (tertiary/aromatic N) is 2. The number of carbonyl (C=O) groups is 1. The highest BCUT2D eigenvalue weighted by Crippen LogP contribution is 2.22. The second-order valence-corrected chi connectivity index (χ2v) is 5.98. The molecule has 0 N–H and O–H groups in total. The predicted octanol–water partition coefficient (Wildman–Crippen LogP) is 0.966. The number of amides is 1. The van der Waals surface area contributed by atoms with Crippen LogP contribution in [0.4, 0.5) is 0 Å². The molecule has 0 radical (unpaired) electrons. The maximum Gasteiger partial charge on any atom is 0.223 e. The van der Waals surface area contributed by atoms with E-state index in [2.05, 4.69) is 25.8 Å². The molecule has 2 fully saturated rings. The van der Waals surface area contributed by atoms with Crippen molar-refractivity contribution in [2.45, 2.75) is 32.2 Å². The number of hydrogen-bond donors (Lipinski definition) is 0. The number of hydrogen-bond acceptors (Lipinski definition) is 3. The van der Waals surface area contributed by atoms with E-state index in [1.165, 1.54) is 0 Å². The van der Waals surface area contributed by atoms with Crippen LogP contribution in [0.3, 0.4) is 0 Å². The van der Waals surface area contributed by atoms with Crippen molar-refractivity contribution < 1.29 is 9.53 Å². The third-order valence-electron chi connectivity index (χ3n) is 4.16. The summed E-state index contributed by atoms with van der Waals surface area (Å²) in [4.78, 5) is 16.6. The first-order valence-electron chi connectivity index (χ1n) is 6.56. The van der Waals surface area contributed by atoms with Crippen LogP contribution in [0.2, 0.25) is 0 Å². The topological polar surface area (TPSA) is 32.8 Å². The van der Waals surface area contributed by atoms with Gasteiger partial charge in [-0.05, 0) is 33.2 Å². The second kappa shape index (κ2) is 4.94. The highest BCUT2D eigenvalue weighted by atomic mass is 16.5. The monoisotopic (exact) mass is 240 g/mol. The number of carbonyl (C=O) groups excluding carboxylic acids is 1. The van der Waals surface area contributed by atoms with E-state index in [0.717, 1.165) is 39.3 Å². The Kier molecular flexibility index (Phi) is 3.73. The molecule has 0 spiro atoms. The van der Waals surface area contributed by atoms with Gasteiger partial charge in [0.15, 0.2) is 0 Å². The average Bonchev–Trinajstić information content (AvgIpc) is 2.74. The summed E-state index contributed by atoms with van der Waals surface area (Å²) in [7, 11) is 2.13. The van der Waals surface area contributed by atoms with Crippen molar-refractivity contribution in [2.24, 2.45) is 5.92 Å². The minimum Gasteiger partial charge on any atom is -0.381 e. The quantitative estimate of drug-likeness (QED) is 0.721. The lowest BCUT2D eigenvalue weighted by molar-refractivity contribution is -0.136. The van der Waals surface area contributed by atoms with Gasteiger partial charge in [0.25, 0.3) is 0 Å². The van der Waals surface area contributed by atoms with Crippen LogP contribution in [0.15, 0.2) is 0 Å². The molecule has 4 nitrogen and oxygen atoms in total. The third kappa shape index (κ3) is 2.99. The molecular weight excluding hydrogens is 216 g/mol. The predicted molar refractivity (Wildman–Crippen MR) is 66.8 cm³/mol. The van der Waals surface area contributed by atoms with Crippen LogP contribution in [0, 0.1) is 5.92 Å². The molecule has 2 rings (SSSR count). The maximum atomic E-state index is 12.2. The fourth-order valence-corrected chi connectivity index (χ4v) is 2.57. The molecular formula is C13H24N2O2. The van der Waals surface area contributed by atoms with Gasteiger partial charge in [-0.1, -0.05) is 0 Å². The van der Waals surface area contributed by atoms with E-state index in [1.807, 2.05) is 4.90 Å². The summed E-state index contributed by atoms with van der Waals surface area (Å²) in [6.07, 6.45) is 1.71. The molecule has 17 heavy (non-hydrogen) atoms. The highest BCUT2D eigenvalue weighted by Gasteiger charge is 2.34. The zero-order valence-electron chi connectivity index (χ0n) is 11.2. The first kappa shape index (κ1) is 12.8. The largest absolute Gasteiger partial charge is 0.381 e. The number of ether oxygens (including phenoxy) is 1. The summed E-state index contributed by atoms with van der Waals surface area (Å²) in [6.45, 7) is 8.67. The van der Waals surface area contributed by atoms with Crippen molar-refractivity contribution in [1.29, 1.82) is 0 Å². The molecule has 2 heterocycles. The first-order valence-corrected chi connectivity index (χ1v) is 6.56. The Bertz CT molecular complexity index is 285. The van der Waals surface area contributed by atoms with Crippen molar-refractivity contribution in [2.75, 3.05) is 39.9 Å². The van der Waals surface area contributed by atoms with Gasteiger partial charge in [-0.2, -0.15) is 0 Å². The summed E-state index contributed by atoms with van der Waals surface area (Å²) in [5, 5.41) is 0. The molecule has 0 aromatic heterocycles. The third-order valence-corrected chi connectivity index (χ3v) is 4.16. The Balaban J connectivity index is 1.87. The van der Waals surface area contributed by atoms with Gasteiger partial charge in [0.05, 0.1) is 0 Å². The molecule has 2 saturated heterocycles. The van der Waals surface area contributed by atoms with E-state index in [9.17, 15) is 4.79 Å². The first-order chi connectivity index (χ1) is 7.99. The highest BCUT2D eigenvalue weighted by molar-refractivity contribution is 5.76. The lowest BCUT2D eigenvalue weighted by Gasteiger charge is -2.45. The molecule has 98 valence electrons. The number of piperazine rings is 1. The smallest absolute Gasteiger partial charge is 0.223 e. The van der Waals surface area contributed by atoms with Crippen LogP contribution >= 0.6 is 0 Å². The van der Waals surface area contributed by atoms with Crippen LogP contribution in [0.1, 0.15) is 26.7 Å². The van der Waals surface area contributed by atoms with E-state index in [0.29, 0.717) is 18.2 Å². The minimum atomic E-state index is 0.0973. The molecule has 1 amide bonds. The molecule has 0 aliphatic carbocycles. The average molecular weight is 240 g/mol. The SMILES string of the molecule is CN1CCN(C(=O)C[C@H]2CCOC2)CC1(C)C. The van der Waals surface area contributed by atoms with E-state index in [-0.39, 0.29) is 5.54 Å². The van der Waals surface area contributed by atoms with Crippen molar-refractivity contribution in [3.8, 4) is 0 Å². The van der Waals surface area contributed by atoms with Crippen LogP contribution in [-0.4, -0.2) is 61.1 Å². The van der Waals surface area contributed by atoms with E-state index in [1.54, 1.807) is 0 Å². The summed E-state index contributed by atoms with van der Waals surface area (Å²) >= 11 is 0. The molecule has 2 aliphatic rings. The summed E-state index contributed by atoms with van der Waals surface area (Å²) < 4.78 is 5.32. The van der Waals surface area contributed by atoms with Gasteiger partial charge in [0.2, 0.25) is 5.91 Å². The Morgan fingerprint density at radius 2 is 2.18 bits per heavy atom. The van der Waals surface area contributed by atoms with Gasteiger partial charge >= 0.3 is 0 Å². The molecule has 0 bridgehead atoms. The minimum absolute atomic E-state index is 0.0973. The Labute approximate surface area is 104 Å². The lowest BCUT2D eigenvalue weighted by atomic mass is 9.98. The standard InChI is InChI=1S/C13H24N2O2/c1-13(2)10-15(6-5-14(13)3)12(16)8-11-4-7-17-9-11/h11H,4-10H2,1-3H3/t11-/m1/s1. The Morgan fingerprint density at radius 3 is 2.76 bits per heavy atom. The van der Waals surface area contributed by atoms with Crippen LogP contribution in [0.5, 0.6) is 0 Å². The van der Waals surface area contributed by atoms with Crippen LogP contribution in [-0.2, 0) is 9.53 Å². The summed E-state index contributed by atoms with van der Waals surface area (Å²) in [6, 6.07) is 0. The summed E-state index contributed by atoms with van der Waals surface area (Å²) in [5.74, 6) is 0.756. The normalized spacial score (nSPS) is 29.6. The van der Waals surface area contributed by atoms with Gasteiger partial charge in [0, 0.05) is 44.8 Å². The second-order valence-electron chi connectivity index (χ2n) is 5.98.